The molecule has 1 saturated heterocycles. The van der Waals surface area contributed by atoms with Crippen molar-refractivity contribution in [1.82, 2.24) is 9.97 Å². The number of nitrogens with zero attached hydrogens (tertiary/aromatic N) is 3. The summed E-state index contributed by atoms with van der Waals surface area (Å²) in [6.45, 7) is 3.48. The van der Waals surface area contributed by atoms with Crippen molar-refractivity contribution in [2.24, 2.45) is 0 Å². The van der Waals surface area contributed by atoms with Gasteiger partial charge in [0.1, 0.15) is 5.69 Å². The Hall–Kier alpha value is -2.64. The molecule has 138 valence electrons. The van der Waals surface area contributed by atoms with Crippen LogP contribution in [0.1, 0.15) is 41.0 Å². The number of carbonyl (C=O) groups excluding carboxylic acids is 1. The summed E-state index contributed by atoms with van der Waals surface area (Å²) < 4.78 is 37.8. The Morgan fingerprint density at radius 3 is 2.35 bits per heavy atom. The molecule has 0 bridgehead atoms. The number of aryl methyl sites for hydroxylation is 1. The summed E-state index contributed by atoms with van der Waals surface area (Å²) in [6, 6.07) is 5.87. The van der Waals surface area contributed by atoms with Crippen LogP contribution in [0.4, 0.5) is 24.8 Å². The zero-order chi connectivity index (χ0) is 18.7. The van der Waals surface area contributed by atoms with E-state index in [9.17, 15) is 18.0 Å². The number of halogens is 3. The van der Waals surface area contributed by atoms with Crippen molar-refractivity contribution in [3.05, 3.63) is 47.3 Å². The first-order chi connectivity index (χ1) is 12.3. The quantitative estimate of drug-likeness (QED) is 0.893. The number of rotatable bonds is 3. The molecular weight excluding hydrogens is 345 g/mol. The van der Waals surface area contributed by atoms with Crippen LogP contribution in [0.25, 0.3) is 0 Å². The zero-order valence-electron chi connectivity index (χ0n) is 14.3. The molecule has 2 aromatic rings. The third-order valence-electron chi connectivity index (χ3n) is 4.18. The molecule has 0 atom stereocenters. The molecule has 0 radical (unpaired) electrons. The van der Waals surface area contributed by atoms with Crippen LogP contribution in [0.2, 0.25) is 0 Å². The first-order valence-corrected chi connectivity index (χ1v) is 8.42. The minimum absolute atomic E-state index is 0.193. The van der Waals surface area contributed by atoms with Crippen molar-refractivity contribution < 1.29 is 18.0 Å². The van der Waals surface area contributed by atoms with Gasteiger partial charge >= 0.3 is 6.18 Å². The lowest BCUT2D eigenvalue weighted by atomic mass is 10.1. The Labute approximate surface area is 149 Å². The van der Waals surface area contributed by atoms with Gasteiger partial charge in [-0.25, -0.2) is 9.97 Å². The smallest absolute Gasteiger partial charge is 0.341 e. The molecule has 5 nitrogen and oxygen atoms in total. The molecule has 1 N–H and O–H groups in total. The number of alkyl halides is 3. The minimum Gasteiger partial charge on any atom is -0.341 e. The number of carbonyl (C=O) groups is 1. The SMILES string of the molecule is Cc1cc(C(=O)Nc2ccc(C(F)(F)F)cc2)nc(N2CCCCC2)n1. The summed E-state index contributed by atoms with van der Waals surface area (Å²) in [6.07, 6.45) is -1.12. The maximum atomic E-state index is 12.6. The molecule has 8 heteroatoms. The van der Waals surface area contributed by atoms with Crippen LogP contribution in [-0.4, -0.2) is 29.0 Å². The van der Waals surface area contributed by atoms with Gasteiger partial charge in [0.2, 0.25) is 5.95 Å². The minimum atomic E-state index is -4.41. The third kappa shape index (κ3) is 4.30. The third-order valence-corrected chi connectivity index (χ3v) is 4.18. The second-order valence-electron chi connectivity index (χ2n) is 6.27. The summed E-state index contributed by atoms with van der Waals surface area (Å²) in [5.74, 6) is 0.0378. The van der Waals surface area contributed by atoms with E-state index in [1.165, 1.54) is 18.6 Å². The van der Waals surface area contributed by atoms with Crippen molar-refractivity contribution >= 4 is 17.5 Å². The van der Waals surface area contributed by atoms with Crippen LogP contribution in [0.3, 0.4) is 0 Å². The maximum absolute atomic E-state index is 12.6. The molecule has 0 saturated carbocycles. The molecule has 2 heterocycles. The summed E-state index contributed by atoms with van der Waals surface area (Å²) in [5, 5.41) is 2.58. The van der Waals surface area contributed by atoms with E-state index in [1.54, 1.807) is 13.0 Å². The topological polar surface area (TPSA) is 58.1 Å². The van der Waals surface area contributed by atoms with E-state index >= 15 is 0 Å². The van der Waals surface area contributed by atoms with Gasteiger partial charge in [0, 0.05) is 24.5 Å². The van der Waals surface area contributed by atoms with Gasteiger partial charge in [-0.05, 0) is 56.5 Å². The number of nitrogens with one attached hydrogen (secondary N) is 1. The van der Waals surface area contributed by atoms with Crippen LogP contribution in [0.15, 0.2) is 30.3 Å². The average molecular weight is 364 g/mol. The fourth-order valence-corrected chi connectivity index (χ4v) is 2.84. The number of anilines is 2. The predicted molar refractivity (Wildman–Crippen MR) is 92.2 cm³/mol. The molecule has 0 unspecified atom stereocenters. The fourth-order valence-electron chi connectivity index (χ4n) is 2.84. The molecule has 26 heavy (non-hydrogen) atoms. The van der Waals surface area contributed by atoms with Crippen LogP contribution in [-0.2, 0) is 6.18 Å². The summed E-state index contributed by atoms with van der Waals surface area (Å²) in [7, 11) is 0. The lowest BCUT2D eigenvalue weighted by molar-refractivity contribution is -0.137. The Bertz CT molecular complexity index is 784. The van der Waals surface area contributed by atoms with Crippen LogP contribution in [0.5, 0.6) is 0 Å². The molecular formula is C18H19F3N4O. The van der Waals surface area contributed by atoms with E-state index < -0.39 is 17.6 Å². The normalized spacial score (nSPS) is 15.0. The van der Waals surface area contributed by atoms with Crippen LogP contribution >= 0.6 is 0 Å². The van der Waals surface area contributed by atoms with E-state index in [4.69, 9.17) is 0 Å². The monoisotopic (exact) mass is 364 g/mol. The number of hydrogen-bond donors (Lipinski definition) is 1. The fraction of sp³-hybridized carbons (Fsp3) is 0.389. The Morgan fingerprint density at radius 2 is 1.73 bits per heavy atom. The lowest BCUT2D eigenvalue weighted by Gasteiger charge is -2.27. The van der Waals surface area contributed by atoms with Crippen molar-refractivity contribution in [3.63, 3.8) is 0 Å². The van der Waals surface area contributed by atoms with Gasteiger partial charge in [-0.2, -0.15) is 13.2 Å². The van der Waals surface area contributed by atoms with Gasteiger partial charge in [0.25, 0.3) is 5.91 Å². The highest BCUT2D eigenvalue weighted by atomic mass is 19.4. The van der Waals surface area contributed by atoms with E-state index in [2.05, 4.69) is 15.3 Å². The van der Waals surface area contributed by atoms with E-state index in [0.29, 0.717) is 11.6 Å². The number of benzene rings is 1. The Morgan fingerprint density at radius 1 is 1.08 bits per heavy atom. The van der Waals surface area contributed by atoms with Gasteiger partial charge in [-0.1, -0.05) is 0 Å². The van der Waals surface area contributed by atoms with E-state index in [-0.39, 0.29) is 11.4 Å². The van der Waals surface area contributed by atoms with Crippen molar-refractivity contribution in [3.8, 4) is 0 Å². The van der Waals surface area contributed by atoms with Crippen LogP contribution in [0, 0.1) is 6.92 Å². The first-order valence-electron chi connectivity index (χ1n) is 8.42. The van der Waals surface area contributed by atoms with E-state index in [0.717, 1.165) is 38.1 Å². The standard InChI is InChI=1S/C18H19F3N4O/c1-12-11-15(24-17(22-12)25-9-3-2-4-10-25)16(26)23-14-7-5-13(6-8-14)18(19,20)21/h5-8,11H,2-4,9-10H2,1H3,(H,23,26). The summed E-state index contributed by atoms with van der Waals surface area (Å²) in [4.78, 5) is 23.2. The number of aromatic nitrogens is 2. The van der Waals surface area contributed by atoms with Gasteiger partial charge in [-0.3, -0.25) is 4.79 Å². The second kappa shape index (κ2) is 7.31. The largest absolute Gasteiger partial charge is 0.416 e. The Balaban J connectivity index is 1.76. The molecule has 1 aliphatic heterocycles. The molecule has 3 rings (SSSR count). The van der Waals surface area contributed by atoms with Gasteiger partial charge in [0.05, 0.1) is 5.56 Å². The maximum Gasteiger partial charge on any atom is 0.416 e. The van der Waals surface area contributed by atoms with Crippen molar-refractivity contribution in [1.29, 1.82) is 0 Å². The highest BCUT2D eigenvalue weighted by Crippen LogP contribution is 2.29. The summed E-state index contributed by atoms with van der Waals surface area (Å²) >= 11 is 0. The Kier molecular flexibility index (Phi) is 5.11. The van der Waals surface area contributed by atoms with Gasteiger partial charge in [0.15, 0.2) is 0 Å². The van der Waals surface area contributed by atoms with Crippen LogP contribution < -0.4 is 10.2 Å². The molecule has 1 aromatic carbocycles. The predicted octanol–water partition coefficient (Wildman–Crippen LogP) is 4.05. The van der Waals surface area contributed by atoms with Crippen molar-refractivity contribution in [2.75, 3.05) is 23.3 Å². The highest BCUT2D eigenvalue weighted by molar-refractivity contribution is 6.03. The second-order valence-corrected chi connectivity index (χ2v) is 6.27. The van der Waals surface area contributed by atoms with Crippen molar-refractivity contribution in [2.45, 2.75) is 32.4 Å². The molecule has 1 amide bonds. The molecule has 1 aliphatic rings. The summed E-state index contributed by atoms with van der Waals surface area (Å²) in [5.41, 5.74) is 0.371. The number of piperidine rings is 1. The molecule has 0 aliphatic carbocycles. The molecule has 0 spiro atoms. The highest BCUT2D eigenvalue weighted by Gasteiger charge is 2.30. The van der Waals surface area contributed by atoms with Gasteiger partial charge in [-0.15, -0.1) is 0 Å². The zero-order valence-corrected chi connectivity index (χ0v) is 14.3. The lowest BCUT2D eigenvalue weighted by Crippen LogP contribution is -2.31. The molecule has 1 aromatic heterocycles. The van der Waals surface area contributed by atoms with E-state index in [1.807, 2.05) is 4.90 Å². The molecule has 1 fully saturated rings. The average Bonchev–Trinajstić information content (AvgIpc) is 2.61. The number of hydrogen-bond acceptors (Lipinski definition) is 4. The first kappa shape index (κ1) is 18.2. The number of amides is 1. The van der Waals surface area contributed by atoms with Gasteiger partial charge < -0.3 is 10.2 Å².